The van der Waals surface area contributed by atoms with Crippen LogP contribution in [0.4, 0.5) is 8.78 Å². The SMILES string of the molecule is CNC(=O)[C@@H](C)[NH+](C)Cc1ccc(OC(F)F)cc1. The number of benzene rings is 1. The summed E-state index contributed by atoms with van der Waals surface area (Å²) in [5.74, 6) is 0.103. The fourth-order valence-corrected chi connectivity index (χ4v) is 1.70. The van der Waals surface area contributed by atoms with Crippen LogP contribution in [0.15, 0.2) is 24.3 Å². The predicted molar refractivity (Wildman–Crippen MR) is 67.2 cm³/mol. The van der Waals surface area contributed by atoms with E-state index in [1.807, 2.05) is 14.0 Å². The number of likely N-dealkylation sites (N-methyl/N-ethyl adjacent to an activating group) is 2. The monoisotopic (exact) mass is 273 g/mol. The third kappa shape index (κ3) is 4.82. The molecule has 0 saturated heterocycles. The number of ether oxygens (including phenoxy) is 1. The average molecular weight is 273 g/mol. The van der Waals surface area contributed by atoms with Crippen LogP contribution in [0, 0.1) is 0 Å². The van der Waals surface area contributed by atoms with E-state index >= 15 is 0 Å². The molecule has 0 heterocycles. The highest BCUT2D eigenvalue weighted by atomic mass is 19.3. The van der Waals surface area contributed by atoms with Crippen molar-refractivity contribution >= 4 is 5.91 Å². The molecule has 0 fully saturated rings. The van der Waals surface area contributed by atoms with Crippen LogP contribution in [0.1, 0.15) is 12.5 Å². The molecule has 1 aromatic rings. The first-order chi connectivity index (χ1) is 8.93. The van der Waals surface area contributed by atoms with Crippen molar-refractivity contribution in [2.45, 2.75) is 26.1 Å². The van der Waals surface area contributed by atoms with E-state index in [2.05, 4.69) is 10.1 Å². The largest absolute Gasteiger partial charge is 0.435 e. The molecule has 6 heteroatoms. The van der Waals surface area contributed by atoms with Crippen LogP contribution in [0.3, 0.4) is 0 Å². The summed E-state index contributed by atoms with van der Waals surface area (Å²) in [4.78, 5) is 12.5. The number of hydrogen-bond acceptors (Lipinski definition) is 2. The van der Waals surface area contributed by atoms with Gasteiger partial charge >= 0.3 is 6.61 Å². The lowest BCUT2D eigenvalue weighted by atomic mass is 10.2. The first kappa shape index (κ1) is 15.4. The number of quaternary nitrogens is 1. The first-order valence-corrected chi connectivity index (χ1v) is 6.01. The maximum absolute atomic E-state index is 12.0. The molecular weight excluding hydrogens is 254 g/mol. The zero-order chi connectivity index (χ0) is 14.4. The summed E-state index contributed by atoms with van der Waals surface area (Å²) in [7, 11) is 3.51. The summed E-state index contributed by atoms with van der Waals surface area (Å²) < 4.78 is 28.3. The number of hydrogen-bond donors (Lipinski definition) is 2. The van der Waals surface area contributed by atoms with E-state index in [1.54, 1.807) is 19.2 Å². The van der Waals surface area contributed by atoms with Crippen LogP contribution in [-0.2, 0) is 11.3 Å². The van der Waals surface area contributed by atoms with Crippen molar-refractivity contribution in [1.82, 2.24) is 5.32 Å². The minimum absolute atomic E-state index is 0.0323. The third-order valence-corrected chi connectivity index (χ3v) is 3.01. The molecule has 0 radical (unpaired) electrons. The third-order valence-electron chi connectivity index (χ3n) is 3.01. The predicted octanol–water partition coefficient (Wildman–Crippen LogP) is 0.437. The minimum Gasteiger partial charge on any atom is -0.435 e. The van der Waals surface area contributed by atoms with Crippen molar-refractivity contribution in [1.29, 1.82) is 0 Å². The number of carbonyl (C=O) groups is 1. The van der Waals surface area contributed by atoms with E-state index in [-0.39, 0.29) is 17.7 Å². The zero-order valence-electron chi connectivity index (χ0n) is 11.2. The van der Waals surface area contributed by atoms with E-state index in [1.165, 1.54) is 12.1 Å². The Hall–Kier alpha value is -1.69. The Morgan fingerprint density at radius 1 is 1.37 bits per heavy atom. The second kappa shape index (κ2) is 7.04. The number of rotatable bonds is 6. The van der Waals surface area contributed by atoms with Crippen molar-refractivity contribution in [2.75, 3.05) is 14.1 Å². The molecule has 0 aliphatic carbocycles. The average Bonchev–Trinajstić information content (AvgIpc) is 2.38. The highest BCUT2D eigenvalue weighted by Crippen LogP contribution is 2.14. The number of carbonyl (C=O) groups excluding carboxylic acids is 1. The molecule has 0 bridgehead atoms. The Labute approximate surface area is 111 Å². The fraction of sp³-hybridized carbons (Fsp3) is 0.462. The van der Waals surface area contributed by atoms with Crippen LogP contribution in [0.25, 0.3) is 0 Å². The zero-order valence-corrected chi connectivity index (χ0v) is 11.2. The Morgan fingerprint density at radius 2 is 1.95 bits per heavy atom. The van der Waals surface area contributed by atoms with Crippen molar-refractivity contribution in [3.63, 3.8) is 0 Å². The summed E-state index contributed by atoms with van der Waals surface area (Å²) in [5.41, 5.74) is 0.954. The molecular formula is C13H19F2N2O2+. The number of amides is 1. The summed E-state index contributed by atoms with van der Waals surface area (Å²) in [6.45, 7) is -0.348. The minimum atomic E-state index is -2.81. The number of halogens is 2. The molecule has 0 spiro atoms. The van der Waals surface area contributed by atoms with Crippen LogP contribution < -0.4 is 15.0 Å². The summed E-state index contributed by atoms with van der Waals surface area (Å²) >= 11 is 0. The van der Waals surface area contributed by atoms with Gasteiger partial charge in [-0.2, -0.15) is 8.78 Å². The van der Waals surface area contributed by atoms with E-state index in [0.717, 1.165) is 10.5 Å². The number of alkyl halides is 2. The normalized spacial score (nSPS) is 14.0. The van der Waals surface area contributed by atoms with Crippen molar-refractivity contribution < 1.29 is 23.2 Å². The van der Waals surface area contributed by atoms with Crippen LogP contribution in [0.5, 0.6) is 5.75 Å². The van der Waals surface area contributed by atoms with Gasteiger partial charge in [0, 0.05) is 12.6 Å². The lowest BCUT2D eigenvalue weighted by Gasteiger charge is -2.20. The molecule has 106 valence electrons. The molecule has 2 N–H and O–H groups in total. The van der Waals surface area contributed by atoms with Crippen LogP contribution >= 0.6 is 0 Å². The Morgan fingerprint density at radius 3 is 2.42 bits per heavy atom. The second-order valence-corrected chi connectivity index (χ2v) is 4.38. The summed E-state index contributed by atoms with van der Waals surface area (Å²) in [6.07, 6.45) is 0. The summed E-state index contributed by atoms with van der Waals surface area (Å²) in [6, 6.07) is 6.26. The van der Waals surface area contributed by atoms with E-state index in [4.69, 9.17) is 0 Å². The Kier molecular flexibility index (Phi) is 5.69. The van der Waals surface area contributed by atoms with Crippen molar-refractivity contribution in [3.05, 3.63) is 29.8 Å². The molecule has 1 aromatic carbocycles. The highest BCUT2D eigenvalue weighted by molar-refractivity contribution is 5.79. The van der Waals surface area contributed by atoms with Gasteiger partial charge in [-0.05, 0) is 31.2 Å². The quantitative estimate of drug-likeness (QED) is 0.790. The summed E-state index contributed by atoms with van der Waals surface area (Å²) in [5, 5.41) is 2.60. The lowest BCUT2D eigenvalue weighted by molar-refractivity contribution is -0.908. The molecule has 19 heavy (non-hydrogen) atoms. The van der Waals surface area contributed by atoms with Crippen molar-refractivity contribution in [3.8, 4) is 5.75 Å². The van der Waals surface area contributed by atoms with Crippen LogP contribution in [-0.4, -0.2) is 32.7 Å². The number of nitrogens with one attached hydrogen (secondary N) is 2. The van der Waals surface area contributed by atoms with Gasteiger partial charge in [0.05, 0.1) is 7.05 Å². The van der Waals surface area contributed by atoms with E-state index in [9.17, 15) is 13.6 Å². The van der Waals surface area contributed by atoms with Gasteiger partial charge in [0.1, 0.15) is 12.3 Å². The second-order valence-electron chi connectivity index (χ2n) is 4.38. The van der Waals surface area contributed by atoms with E-state index in [0.29, 0.717) is 6.54 Å². The Balaban J connectivity index is 2.60. The van der Waals surface area contributed by atoms with Gasteiger partial charge in [-0.15, -0.1) is 0 Å². The molecule has 0 saturated carbocycles. The molecule has 1 rings (SSSR count). The van der Waals surface area contributed by atoms with Gasteiger partial charge in [0.2, 0.25) is 0 Å². The lowest BCUT2D eigenvalue weighted by Crippen LogP contribution is -3.12. The molecule has 2 atom stereocenters. The van der Waals surface area contributed by atoms with Crippen LogP contribution in [0.2, 0.25) is 0 Å². The maximum atomic E-state index is 12.0. The Bertz CT molecular complexity index is 410. The van der Waals surface area contributed by atoms with Crippen molar-refractivity contribution in [2.24, 2.45) is 0 Å². The fourth-order valence-electron chi connectivity index (χ4n) is 1.70. The van der Waals surface area contributed by atoms with Gasteiger partial charge < -0.3 is 15.0 Å². The molecule has 0 aliphatic rings. The maximum Gasteiger partial charge on any atom is 0.387 e. The first-order valence-electron chi connectivity index (χ1n) is 6.01. The topological polar surface area (TPSA) is 42.8 Å². The standard InChI is InChI=1S/C13H18F2N2O2/c1-9(12(18)16-2)17(3)8-10-4-6-11(7-5-10)19-13(14)15/h4-7,9,13H,8H2,1-3H3,(H,16,18)/p+1/t9-/m1/s1. The smallest absolute Gasteiger partial charge is 0.387 e. The van der Waals surface area contributed by atoms with Gasteiger partial charge in [0.15, 0.2) is 6.04 Å². The van der Waals surface area contributed by atoms with Gasteiger partial charge in [-0.3, -0.25) is 4.79 Å². The molecule has 1 unspecified atom stereocenters. The van der Waals surface area contributed by atoms with Gasteiger partial charge in [0.25, 0.3) is 5.91 Å². The van der Waals surface area contributed by atoms with Gasteiger partial charge in [-0.25, -0.2) is 0 Å². The van der Waals surface area contributed by atoms with Gasteiger partial charge in [-0.1, -0.05) is 0 Å². The molecule has 1 amide bonds. The molecule has 0 aromatic heterocycles. The highest BCUT2D eigenvalue weighted by Gasteiger charge is 2.20. The van der Waals surface area contributed by atoms with E-state index < -0.39 is 6.61 Å². The molecule has 4 nitrogen and oxygen atoms in total. The molecule has 0 aliphatic heterocycles.